The van der Waals surface area contributed by atoms with Crippen LogP contribution in [-0.4, -0.2) is 71.0 Å². The highest BCUT2D eigenvalue weighted by atomic mass is 35.5. The zero-order chi connectivity index (χ0) is 27.2. The van der Waals surface area contributed by atoms with Crippen LogP contribution >= 0.6 is 24.8 Å². The minimum atomic E-state index is -0.140. The molecule has 40 heavy (non-hydrogen) atoms. The van der Waals surface area contributed by atoms with E-state index in [2.05, 4.69) is 41.6 Å². The number of carbonyl (C=O) groups excluding carboxylic acids is 2. The number of rotatable bonds is 11. The Morgan fingerprint density at radius 2 is 1.73 bits per heavy atom. The van der Waals surface area contributed by atoms with Crippen molar-refractivity contribution in [3.8, 4) is 11.5 Å². The van der Waals surface area contributed by atoms with Crippen LogP contribution in [0.25, 0.3) is 11.5 Å². The zero-order valence-electron chi connectivity index (χ0n) is 23.8. The van der Waals surface area contributed by atoms with Crippen molar-refractivity contribution in [2.75, 3.05) is 38.5 Å². The number of nitrogens with zero attached hydrogens (tertiary/aromatic N) is 4. The van der Waals surface area contributed by atoms with Gasteiger partial charge in [0.1, 0.15) is 12.3 Å². The minimum absolute atomic E-state index is 0. The molecule has 218 valence electrons. The molecule has 1 aromatic heterocycles. The number of hydrogen-bond donors (Lipinski definition) is 2. The van der Waals surface area contributed by atoms with Gasteiger partial charge < -0.3 is 20.0 Å². The molecule has 3 aromatic rings. The van der Waals surface area contributed by atoms with E-state index < -0.39 is 0 Å². The molecule has 0 saturated heterocycles. The van der Waals surface area contributed by atoms with Crippen LogP contribution < -0.4 is 10.6 Å². The van der Waals surface area contributed by atoms with Crippen molar-refractivity contribution in [3.05, 3.63) is 71.1 Å². The highest BCUT2D eigenvalue weighted by molar-refractivity contribution is 5.87. The van der Waals surface area contributed by atoms with Crippen molar-refractivity contribution in [2.45, 2.75) is 46.8 Å². The molecule has 0 spiro atoms. The Bertz CT molecular complexity index is 1260. The molecule has 0 radical (unpaired) electrons. The Labute approximate surface area is 249 Å². The zero-order valence-corrected chi connectivity index (χ0v) is 25.4. The fourth-order valence-corrected chi connectivity index (χ4v) is 4.45. The van der Waals surface area contributed by atoms with E-state index in [1.54, 1.807) is 23.2 Å². The summed E-state index contributed by atoms with van der Waals surface area (Å²) < 4.78 is 5.65. The Morgan fingerprint density at radius 3 is 2.33 bits per heavy atom. The van der Waals surface area contributed by atoms with Crippen LogP contribution in [0.3, 0.4) is 0 Å². The van der Waals surface area contributed by atoms with Crippen molar-refractivity contribution in [1.29, 1.82) is 0 Å². The normalized spacial score (nSPS) is 12.3. The summed E-state index contributed by atoms with van der Waals surface area (Å²) in [5.41, 5.74) is 5.11. The number of halogens is 2. The molecule has 4 rings (SSSR count). The first-order valence-electron chi connectivity index (χ1n) is 13.1. The molecule has 2 amide bonds. The van der Waals surface area contributed by atoms with Gasteiger partial charge in [0.05, 0.1) is 12.7 Å². The summed E-state index contributed by atoms with van der Waals surface area (Å²) in [6.07, 6.45) is 1.68. The van der Waals surface area contributed by atoms with Gasteiger partial charge in [-0.05, 0) is 42.7 Å². The largest absolute Gasteiger partial charge is 0.441 e. The summed E-state index contributed by atoms with van der Waals surface area (Å²) in [7, 11) is 1.78. The average molecular weight is 592 g/mol. The highest BCUT2D eigenvalue weighted by Gasteiger charge is 2.27. The quantitative estimate of drug-likeness (QED) is 0.341. The van der Waals surface area contributed by atoms with E-state index in [4.69, 9.17) is 4.42 Å². The number of benzene rings is 2. The first-order valence-corrected chi connectivity index (χ1v) is 13.1. The lowest BCUT2D eigenvalue weighted by atomic mass is 10.1. The van der Waals surface area contributed by atoms with Gasteiger partial charge in [0.25, 0.3) is 5.91 Å². The minimum Gasteiger partial charge on any atom is -0.441 e. The van der Waals surface area contributed by atoms with E-state index in [0.29, 0.717) is 32.1 Å². The van der Waals surface area contributed by atoms with Gasteiger partial charge in [-0.1, -0.05) is 44.2 Å². The second-order valence-corrected chi connectivity index (χ2v) is 10.1. The molecule has 0 atom stereocenters. The molecule has 1 aliphatic rings. The maximum atomic E-state index is 13.3. The van der Waals surface area contributed by atoms with Gasteiger partial charge in [-0.3, -0.25) is 14.6 Å². The molecule has 1 aliphatic heterocycles. The van der Waals surface area contributed by atoms with Crippen LogP contribution in [-0.2, 0) is 22.7 Å². The van der Waals surface area contributed by atoms with Gasteiger partial charge in [0, 0.05) is 50.5 Å². The maximum absolute atomic E-state index is 13.3. The maximum Gasteiger partial charge on any atom is 0.256 e. The van der Waals surface area contributed by atoms with Crippen LogP contribution in [0.2, 0.25) is 0 Å². The number of nitrogens with one attached hydrogen (secondary N) is 2. The van der Waals surface area contributed by atoms with Crippen LogP contribution in [0.15, 0.2) is 53.1 Å². The molecule has 2 N–H and O–H groups in total. The Kier molecular flexibility index (Phi) is 12.4. The summed E-state index contributed by atoms with van der Waals surface area (Å²) in [5, 5.41) is 10.3. The Hall–Kier alpha value is -3.11. The number of likely N-dealkylation sites (N-methyl/N-ethyl adjacent to an activating group) is 1. The average Bonchev–Trinajstić information content (AvgIpc) is 3.53. The number of amides is 2. The molecular weight excluding hydrogens is 551 g/mol. The van der Waals surface area contributed by atoms with Crippen molar-refractivity contribution in [2.24, 2.45) is 0 Å². The third-order valence-electron chi connectivity index (χ3n) is 6.76. The number of anilines is 1. The smallest absolute Gasteiger partial charge is 0.256 e. The van der Waals surface area contributed by atoms with Gasteiger partial charge in [0.2, 0.25) is 11.8 Å². The first-order chi connectivity index (χ1) is 18.2. The lowest BCUT2D eigenvalue weighted by molar-refractivity contribution is -0.151. The van der Waals surface area contributed by atoms with Crippen LogP contribution in [0.1, 0.15) is 36.3 Å². The highest BCUT2D eigenvalue weighted by Crippen LogP contribution is 2.25. The summed E-state index contributed by atoms with van der Waals surface area (Å²) in [6.45, 7) is 10.4. The second-order valence-electron chi connectivity index (χ2n) is 10.1. The van der Waals surface area contributed by atoms with E-state index in [-0.39, 0.29) is 55.8 Å². The van der Waals surface area contributed by atoms with E-state index >= 15 is 0 Å². The molecule has 0 fully saturated rings. The summed E-state index contributed by atoms with van der Waals surface area (Å²) in [6, 6.07) is 14.4. The van der Waals surface area contributed by atoms with Crippen molar-refractivity contribution in [1.82, 2.24) is 25.2 Å². The van der Waals surface area contributed by atoms with Gasteiger partial charge in [-0.15, -0.1) is 24.8 Å². The lowest BCUT2D eigenvalue weighted by Crippen LogP contribution is -2.49. The van der Waals surface area contributed by atoms with Gasteiger partial charge in [-0.2, -0.15) is 0 Å². The van der Waals surface area contributed by atoms with Crippen molar-refractivity contribution in [3.63, 3.8) is 0 Å². The third kappa shape index (κ3) is 8.44. The number of aryl methyl sites for hydroxylation is 2. The number of hydrogen-bond acceptors (Lipinski definition) is 7. The lowest BCUT2D eigenvalue weighted by Gasteiger charge is -2.31. The fraction of sp³-hybridized carbons (Fsp3) is 0.414. The van der Waals surface area contributed by atoms with Gasteiger partial charge in [-0.25, -0.2) is 9.99 Å². The number of aromatic nitrogens is 1. The van der Waals surface area contributed by atoms with E-state index in [0.717, 1.165) is 22.6 Å². The summed E-state index contributed by atoms with van der Waals surface area (Å²) >= 11 is 0. The number of carbonyl (C=O) groups is 2. The molecule has 2 aromatic carbocycles. The molecule has 9 nitrogen and oxygen atoms in total. The fourth-order valence-electron chi connectivity index (χ4n) is 4.45. The first kappa shape index (κ1) is 33.1. The number of oxazole rings is 1. The van der Waals surface area contributed by atoms with Crippen LogP contribution in [0, 0.1) is 13.8 Å². The third-order valence-corrected chi connectivity index (χ3v) is 6.76. The Morgan fingerprint density at radius 1 is 1.05 bits per heavy atom. The summed E-state index contributed by atoms with van der Waals surface area (Å²) in [4.78, 5) is 32.5. The Balaban J connectivity index is 0.00000280. The predicted octanol–water partition coefficient (Wildman–Crippen LogP) is 4.43. The molecular formula is C29H40Cl2N6O3. The molecule has 11 heteroatoms. The standard InChI is InChI=1S/C29H38N6O3.2ClH/c1-20(2)30-12-13-34(19-28(37)33(5)35-17-24-8-6-7-9-25(24)18-35)27(36)16-31-26-14-23(11-10-21(26)3)29-32-15-22(4)38-29;;/h6-11,14-15,20,30-31H,12-13,16-19H2,1-5H3;2*1H. The van der Waals surface area contributed by atoms with E-state index in [1.165, 1.54) is 11.1 Å². The van der Waals surface area contributed by atoms with Crippen molar-refractivity contribution < 1.29 is 14.0 Å². The molecule has 0 unspecified atom stereocenters. The van der Waals surface area contributed by atoms with Gasteiger partial charge in [0.15, 0.2) is 0 Å². The van der Waals surface area contributed by atoms with E-state index in [1.807, 2.05) is 49.2 Å². The predicted molar refractivity (Wildman–Crippen MR) is 163 cm³/mol. The molecule has 0 aliphatic carbocycles. The van der Waals surface area contributed by atoms with Gasteiger partial charge >= 0.3 is 0 Å². The second kappa shape index (κ2) is 15.0. The molecule has 2 heterocycles. The summed E-state index contributed by atoms with van der Waals surface area (Å²) in [5.74, 6) is 1.02. The van der Waals surface area contributed by atoms with Crippen LogP contribution in [0.5, 0.6) is 0 Å². The molecule has 0 bridgehead atoms. The van der Waals surface area contributed by atoms with Crippen LogP contribution in [0.4, 0.5) is 5.69 Å². The number of fused-ring (bicyclic) bond motifs is 1. The number of hydrazine groups is 1. The monoisotopic (exact) mass is 590 g/mol. The SMILES string of the molecule is Cc1cnc(-c2ccc(C)c(NCC(=O)N(CCNC(C)C)CC(=O)N(C)N3Cc4ccccc4C3)c2)o1.Cl.Cl. The topological polar surface area (TPSA) is 94.0 Å². The van der Waals surface area contributed by atoms with Crippen molar-refractivity contribution >= 4 is 42.3 Å². The molecule has 0 saturated carbocycles. The van der Waals surface area contributed by atoms with E-state index in [9.17, 15) is 9.59 Å².